The molecule has 0 aromatic carbocycles. The van der Waals surface area contributed by atoms with Gasteiger partial charge in [0.15, 0.2) is 5.92 Å². The second kappa shape index (κ2) is 4.74. The zero-order chi connectivity index (χ0) is 12.2. The van der Waals surface area contributed by atoms with E-state index in [0.29, 0.717) is 0 Å². The summed E-state index contributed by atoms with van der Waals surface area (Å²) in [6.07, 6.45) is 0.0369. The van der Waals surface area contributed by atoms with Gasteiger partial charge in [0.25, 0.3) is 0 Å². The number of hydrogen-bond acceptors (Lipinski definition) is 4. The van der Waals surface area contributed by atoms with Gasteiger partial charge in [-0.15, -0.1) is 0 Å². The third kappa shape index (κ3) is 3.46. The summed E-state index contributed by atoms with van der Waals surface area (Å²) in [5, 5.41) is 33.4. The molecule has 0 amide bonds. The van der Waals surface area contributed by atoms with Crippen molar-refractivity contribution in [3.63, 3.8) is 0 Å². The molecule has 0 aromatic rings. The maximum absolute atomic E-state index is 10.4. The highest BCUT2D eigenvalue weighted by atomic mass is 16.4. The van der Waals surface area contributed by atoms with Crippen molar-refractivity contribution in [1.29, 1.82) is 0 Å². The Morgan fingerprint density at radius 2 is 1.27 bits per heavy atom. The molecule has 0 aromatic heterocycles. The minimum Gasteiger partial charge on any atom is -0.480 e. The first kappa shape index (κ1) is 12.6. The van der Waals surface area contributed by atoms with Crippen LogP contribution in [0.2, 0.25) is 0 Å². The molecule has 15 heavy (non-hydrogen) atoms. The van der Waals surface area contributed by atoms with E-state index in [4.69, 9.17) is 20.4 Å². The van der Waals surface area contributed by atoms with E-state index in [0.717, 1.165) is 0 Å². The molecular formula is C7H6O8. The van der Waals surface area contributed by atoms with Crippen molar-refractivity contribution < 1.29 is 39.6 Å². The van der Waals surface area contributed by atoms with Crippen molar-refractivity contribution >= 4 is 23.9 Å². The fraction of sp³-hybridized carbons (Fsp3) is 0.143. The fourth-order valence-electron chi connectivity index (χ4n) is 0.773. The van der Waals surface area contributed by atoms with Gasteiger partial charge in [0.1, 0.15) is 0 Å². The van der Waals surface area contributed by atoms with Gasteiger partial charge in [-0.25, -0.2) is 9.59 Å². The van der Waals surface area contributed by atoms with E-state index < -0.39 is 35.4 Å². The van der Waals surface area contributed by atoms with Crippen LogP contribution in [0.5, 0.6) is 0 Å². The zero-order valence-electron chi connectivity index (χ0n) is 7.08. The minimum absolute atomic E-state index is 0.0369. The molecule has 0 saturated heterocycles. The summed E-state index contributed by atoms with van der Waals surface area (Å²) in [5.41, 5.74) is -1.22. The number of carboxylic acids is 4. The molecule has 0 aliphatic carbocycles. The van der Waals surface area contributed by atoms with E-state index in [2.05, 4.69) is 0 Å². The van der Waals surface area contributed by atoms with Crippen LogP contribution in [0, 0.1) is 5.92 Å². The van der Waals surface area contributed by atoms with Crippen LogP contribution >= 0.6 is 0 Å². The Morgan fingerprint density at radius 3 is 1.47 bits per heavy atom. The summed E-state index contributed by atoms with van der Waals surface area (Å²) in [4.78, 5) is 41.3. The number of carboxylic acid groups (broad SMARTS) is 4. The summed E-state index contributed by atoms with van der Waals surface area (Å²) < 4.78 is 0. The smallest absolute Gasteiger partial charge is 0.333 e. The van der Waals surface area contributed by atoms with Gasteiger partial charge >= 0.3 is 23.9 Å². The Kier molecular flexibility index (Phi) is 3.99. The molecule has 0 bridgehead atoms. The maximum Gasteiger partial charge on any atom is 0.333 e. The molecule has 0 fully saturated rings. The lowest BCUT2D eigenvalue weighted by Crippen LogP contribution is -2.29. The Labute approximate surface area is 82.1 Å². The third-order valence-corrected chi connectivity index (χ3v) is 1.33. The van der Waals surface area contributed by atoms with E-state index in [1.807, 2.05) is 0 Å². The first-order valence-corrected chi connectivity index (χ1v) is 3.40. The molecule has 0 aliphatic heterocycles. The van der Waals surface area contributed by atoms with Gasteiger partial charge in [-0.05, 0) is 0 Å². The van der Waals surface area contributed by atoms with Crippen LogP contribution in [0.1, 0.15) is 0 Å². The Morgan fingerprint density at radius 1 is 0.867 bits per heavy atom. The summed E-state index contributed by atoms with van der Waals surface area (Å²) >= 11 is 0. The lowest BCUT2D eigenvalue weighted by atomic mass is 9.99. The van der Waals surface area contributed by atoms with Gasteiger partial charge in [0, 0.05) is 6.08 Å². The Balaban J connectivity index is 5.40. The second-order valence-corrected chi connectivity index (χ2v) is 2.35. The van der Waals surface area contributed by atoms with Gasteiger partial charge in [-0.3, -0.25) is 9.59 Å². The van der Waals surface area contributed by atoms with Crippen molar-refractivity contribution in [3.8, 4) is 0 Å². The molecule has 8 nitrogen and oxygen atoms in total. The summed E-state index contributed by atoms with van der Waals surface area (Å²) in [5.74, 6) is -9.94. The van der Waals surface area contributed by atoms with Gasteiger partial charge in [-0.2, -0.15) is 0 Å². The Bertz CT molecular complexity index is 338. The number of hydrogen-bond donors (Lipinski definition) is 4. The molecule has 0 radical (unpaired) electrons. The van der Waals surface area contributed by atoms with Gasteiger partial charge in [-0.1, -0.05) is 0 Å². The van der Waals surface area contributed by atoms with E-state index in [1.54, 1.807) is 0 Å². The van der Waals surface area contributed by atoms with Crippen LogP contribution in [-0.2, 0) is 19.2 Å². The molecule has 0 aliphatic rings. The molecule has 0 spiro atoms. The normalized spacial score (nSPS) is 11.1. The number of rotatable bonds is 5. The minimum atomic E-state index is -2.40. The number of aliphatic carboxylic acids is 4. The highest BCUT2D eigenvalue weighted by molar-refractivity contribution is 6.08. The zero-order valence-corrected chi connectivity index (χ0v) is 7.08. The van der Waals surface area contributed by atoms with E-state index in [1.165, 1.54) is 0 Å². The molecule has 0 saturated carbocycles. The van der Waals surface area contributed by atoms with Crippen molar-refractivity contribution in [2.75, 3.05) is 0 Å². The highest BCUT2D eigenvalue weighted by Crippen LogP contribution is 2.12. The van der Waals surface area contributed by atoms with E-state index in [9.17, 15) is 19.2 Å². The topological polar surface area (TPSA) is 149 Å². The van der Waals surface area contributed by atoms with Gasteiger partial charge in [0.05, 0.1) is 5.57 Å². The first-order chi connectivity index (χ1) is 6.77. The molecule has 4 N–H and O–H groups in total. The van der Waals surface area contributed by atoms with Crippen LogP contribution in [0.15, 0.2) is 11.6 Å². The maximum atomic E-state index is 10.4. The molecular weight excluding hydrogens is 212 g/mol. The Hall–Kier alpha value is -2.38. The van der Waals surface area contributed by atoms with Crippen LogP contribution in [-0.4, -0.2) is 44.3 Å². The van der Waals surface area contributed by atoms with Crippen LogP contribution in [0.25, 0.3) is 0 Å². The second-order valence-electron chi connectivity index (χ2n) is 2.35. The van der Waals surface area contributed by atoms with E-state index in [-0.39, 0.29) is 6.08 Å². The quantitative estimate of drug-likeness (QED) is 0.334. The van der Waals surface area contributed by atoms with E-state index >= 15 is 0 Å². The molecule has 0 heterocycles. The summed E-state index contributed by atoms with van der Waals surface area (Å²) in [6, 6.07) is 0. The summed E-state index contributed by atoms with van der Waals surface area (Å²) in [6.45, 7) is 0. The van der Waals surface area contributed by atoms with Crippen molar-refractivity contribution in [2.45, 2.75) is 0 Å². The van der Waals surface area contributed by atoms with Crippen molar-refractivity contribution in [3.05, 3.63) is 11.6 Å². The lowest BCUT2D eigenvalue weighted by Gasteiger charge is -2.06. The number of carbonyl (C=O) groups is 4. The SMILES string of the molecule is O=C(O)/C=C(\C(=O)O)C(C(=O)O)C(=O)O. The van der Waals surface area contributed by atoms with Crippen LogP contribution in [0.3, 0.4) is 0 Å². The average molecular weight is 218 g/mol. The van der Waals surface area contributed by atoms with Crippen LogP contribution in [0.4, 0.5) is 0 Å². The first-order valence-electron chi connectivity index (χ1n) is 3.40. The van der Waals surface area contributed by atoms with Crippen molar-refractivity contribution in [1.82, 2.24) is 0 Å². The predicted molar refractivity (Wildman–Crippen MR) is 42.1 cm³/mol. The average Bonchev–Trinajstić information content (AvgIpc) is 2.00. The lowest BCUT2D eigenvalue weighted by molar-refractivity contribution is -0.154. The summed E-state index contributed by atoms with van der Waals surface area (Å²) in [7, 11) is 0. The molecule has 0 unspecified atom stereocenters. The van der Waals surface area contributed by atoms with Crippen LogP contribution < -0.4 is 0 Å². The fourth-order valence-corrected chi connectivity index (χ4v) is 0.773. The molecule has 82 valence electrons. The molecule has 0 atom stereocenters. The van der Waals surface area contributed by atoms with Crippen molar-refractivity contribution in [2.24, 2.45) is 5.92 Å². The molecule has 8 heteroatoms. The predicted octanol–water partition coefficient (Wildman–Crippen LogP) is -1.13. The third-order valence-electron chi connectivity index (χ3n) is 1.33. The monoisotopic (exact) mass is 218 g/mol. The highest BCUT2D eigenvalue weighted by Gasteiger charge is 2.34. The standard InChI is InChI=1S/C7H6O8/c8-3(9)1-2(5(10)11)4(6(12)13)7(14)15/h1,4H,(H,8,9)(H,10,11)(H,12,13)(H,14,15)/b2-1-. The largest absolute Gasteiger partial charge is 0.480 e. The van der Waals surface area contributed by atoms with Gasteiger partial charge in [0.2, 0.25) is 0 Å². The van der Waals surface area contributed by atoms with Gasteiger partial charge < -0.3 is 20.4 Å². The molecule has 0 rings (SSSR count).